The first-order chi connectivity index (χ1) is 14.3. The van der Waals surface area contributed by atoms with Crippen LogP contribution in [0.25, 0.3) is 0 Å². The number of fused-ring (bicyclic) bond motifs is 1. The van der Waals surface area contributed by atoms with Gasteiger partial charge in [0.1, 0.15) is 29.0 Å². The van der Waals surface area contributed by atoms with Crippen LogP contribution in [0.5, 0.6) is 5.75 Å². The summed E-state index contributed by atoms with van der Waals surface area (Å²) in [6, 6.07) is 6.19. The molecule has 3 heterocycles. The zero-order valence-electron chi connectivity index (χ0n) is 16.8. The van der Waals surface area contributed by atoms with E-state index in [0.717, 1.165) is 0 Å². The van der Waals surface area contributed by atoms with Crippen LogP contribution in [0.4, 0.5) is 0 Å². The quantitative estimate of drug-likeness (QED) is 0.775. The van der Waals surface area contributed by atoms with Gasteiger partial charge in [-0.15, -0.1) is 0 Å². The molecule has 0 aliphatic carbocycles. The molecule has 4 rings (SSSR count). The van der Waals surface area contributed by atoms with Gasteiger partial charge in [-0.25, -0.2) is 8.42 Å². The van der Waals surface area contributed by atoms with Gasteiger partial charge in [0, 0.05) is 19.0 Å². The second-order valence-corrected chi connectivity index (χ2v) is 9.44. The van der Waals surface area contributed by atoms with Crippen molar-refractivity contribution in [1.29, 1.82) is 0 Å². The van der Waals surface area contributed by atoms with Crippen LogP contribution in [0.2, 0.25) is 0 Å². The van der Waals surface area contributed by atoms with Crippen molar-refractivity contribution < 1.29 is 27.3 Å². The number of amides is 1. The number of ketones is 1. The number of sulfonamides is 1. The van der Waals surface area contributed by atoms with Crippen molar-refractivity contribution in [3.63, 3.8) is 0 Å². The van der Waals surface area contributed by atoms with Crippen molar-refractivity contribution in [2.24, 2.45) is 5.92 Å². The van der Waals surface area contributed by atoms with E-state index in [0.29, 0.717) is 29.8 Å². The van der Waals surface area contributed by atoms with E-state index in [1.165, 1.54) is 4.31 Å². The summed E-state index contributed by atoms with van der Waals surface area (Å²) in [4.78, 5) is 25.4. The van der Waals surface area contributed by atoms with Crippen LogP contribution in [-0.2, 0) is 14.8 Å². The number of carbonyl (C=O) groups is 2. The van der Waals surface area contributed by atoms with E-state index in [1.807, 2.05) is 0 Å². The van der Waals surface area contributed by atoms with Crippen molar-refractivity contribution in [2.45, 2.75) is 37.6 Å². The number of nitrogens with zero attached hydrogens (tertiary/aromatic N) is 2. The standard InChI is InChI=1S/C20H23N3O6S/c1-12-19(13(2)29-22-12)30(26,27)23-9-7-14(8-10-23)20(25)21-16-11-28-17-6-4-3-5-15(17)18(16)24/h3-6,14,16H,7-11H2,1-2H3,(H,21,25)/t16-/m1/s1. The SMILES string of the molecule is Cc1noc(C)c1S(=O)(=O)N1CCC(C(=O)N[C@@H]2COc3ccccc3C2=O)CC1. The lowest BCUT2D eigenvalue weighted by Gasteiger charge is -2.32. The van der Waals surface area contributed by atoms with Gasteiger partial charge in [0.05, 0.1) is 5.56 Å². The molecule has 2 aliphatic rings. The largest absolute Gasteiger partial charge is 0.490 e. The highest BCUT2D eigenvalue weighted by atomic mass is 32.2. The molecule has 1 saturated heterocycles. The van der Waals surface area contributed by atoms with E-state index in [2.05, 4.69) is 10.5 Å². The molecule has 1 fully saturated rings. The van der Waals surface area contributed by atoms with Gasteiger partial charge in [0.25, 0.3) is 0 Å². The minimum Gasteiger partial charge on any atom is -0.490 e. The Balaban J connectivity index is 1.38. The second-order valence-electron chi connectivity index (χ2n) is 7.56. The summed E-state index contributed by atoms with van der Waals surface area (Å²) in [6.07, 6.45) is 0.736. The Bertz CT molecular complexity index is 1070. The molecule has 30 heavy (non-hydrogen) atoms. The Labute approximate surface area is 174 Å². The van der Waals surface area contributed by atoms with Crippen LogP contribution < -0.4 is 10.1 Å². The molecule has 2 aromatic rings. The Morgan fingerprint density at radius 3 is 2.57 bits per heavy atom. The molecule has 1 aromatic heterocycles. The summed E-state index contributed by atoms with van der Waals surface area (Å²) in [6.45, 7) is 3.66. The third kappa shape index (κ3) is 3.61. The highest BCUT2D eigenvalue weighted by Gasteiger charge is 2.37. The Morgan fingerprint density at radius 2 is 1.90 bits per heavy atom. The lowest BCUT2D eigenvalue weighted by Crippen LogP contribution is -2.51. The van der Waals surface area contributed by atoms with Crippen LogP contribution in [0, 0.1) is 19.8 Å². The molecule has 160 valence electrons. The summed E-state index contributed by atoms with van der Waals surface area (Å²) in [5, 5.41) is 6.49. The minimum atomic E-state index is -3.73. The average molecular weight is 433 g/mol. The summed E-state index contributed by atoms with van der Waals surface area (Å²) in [7, 11) is -3.73. The third-order valence-corrected chi connectivity index (χ3v) is 7.73. The molecule has 0 bridgehead atoms. The highest BCUT2D eigenvalue weighted by Crippen LogP contribution is 2.28. The normalized spacial score (nSPS) is 20.5. The molecule has 10 heteroatoms. The minimum absolute atomic E-state index is 0.0842. The zero-order valence-corrected chi connectivity index (χ0v) is 17.6. The Kier molecular flexibility index (Phi) is 5.37. The van der Waals surface area contributed by atoms with Gasteiger partial charge in [-0.1, -0.05) is 17.3 Å². The number of aryl methyl sites for hydroxylation is 2. The fourth-order valence-corrected chi connectivity index (χ4v) is 5.72. The van der Waals surface area contributed by atoms with E-state index in [4.69, 9.17) is 9.26 Å². The van der Waals surface area contributed by atoms with Gasteiger partial charge >= 0.3 is 0 Å². The van der Waals surface area contributed by atoms with E-state index < -0.39 is 16.1 Å². The number of hydrogen-bond acceptors (Lipinski definition) is 7. The monoisotopic (exact) mass is 433 g/mol. The lowest BCUT2D eigenvalue weighted by molar-refractivity contribution is -0.126. The predicted octanol–water partition coefficient (Wildman–Crippen LogP) is 1.45. The molecule has 1 amide bonds. The number of nitrogens with one attached hydrogen (secondary N) is 1. The van der Waals surface area contributed by atoms with Gasteiger partial charge < -0.3 is 14.6 Å². The second kappa shape index (κ2) is 7.84. The van der Waals surface area contributed by atoms with E-state index in [1.54, 1.807) is 38.1 Å². The molecule has 1 aromatic carbocycles. The fraction of sp³-hybridized carbons (Fsp3) is 0.450. The van der Waals surface area contributed by atoms with Gasteiger partial charge in [-0.05, 0) is 38.8 Å². The molecule has 0 unspecified atom stereocenters. The molecule has 0 saturated carbocycles. The molecule has 1 N–H and O–H groups in total. The van der Waals surface area contributed by atoms with Crippen LogP contribution in [0.1, 0.15) is 34.7 Å². The molecule has 0 spiro atoms. The molecular formula is C20H23N3O6S. The molecule has 9 nitrogen and oxygen atoms in total. The molecule has 0 radical (unpaired) electrons. The maximum atomic E-state index is 12.9. The molecular weight excluding hydrogens is 410 g/mol. The van der Waals surface area contributed by atoms with E-state index in [-0.39, 0.29) is 48.0 Å². The van der Waals surface area contributed by atoms with Gasteiger partial charge in [-0.2, -0.15) is 4.31 Å². The first kappa shape index (κ1) is 20.5. The maximum absolute atomic E-state index is 12.9. The first-order valence-corrected chi connectivity index (χ1v) is 11.2. The van der Waals surface area contributed by atoms with Crippen molar-refractivity contribution in [1.82, 2.24) is 14.8 Å². The number of aromatic nitrogens is 1. The van der Waals surface area contributed by atoms with Gasteiger partial charge in [0.2, 0.25) is 15.9 Å². The topological polar surface area (TPSA) is 119 Å². The van der Waals surface area contributed by atoms with Crippen LogP contribution in [0.3, 0.4) is 0 Å². The summed E-state index contributed by atoms with van der Waals surface area (Å²) in [5.74, 6) is -0.0327. The van der Waals surface area contributed by atoms with Crippen molar-refractivity contribution in [2.75, 3.05) is 19.7 Å². The van der Waals surface area contributed by atoms with E-state index in [9.17, 15) is 18.0 Å². The number of hydrogen-bond donors (Lipinski definition) is 1. The van der Waals surface area contributed by atoms with Crippen LogP contribution in [-0.4, -0.2) is 55.3 Å². The fourth-order valence-electron chi connectivity index (χ4n) is 3.96. The molecule has 1 atom stereocenters. The van der Waals surface area contributed by atoms with Crippen LogP contribution >= 0.6 is 0 Å². The van der Waals surface area contributed by atoms with Crippen LogP contribution in [0.15, 0.2) is 33.7 Å². The Hall–Kier alpha value is -2.72. The smallest absolute Gasteiger partial charge is 0.248 e. The summed E-state index contributed by atoms with van der Waals surface area (Å²) >= 11 is 0. The highest BCUT2D eigenvalue weighted by molar-refractivity contribution is 7.89. The summed E-state index contributed by atoms with van der Waals surface area (Å²) in [5.41, 5.74) is 0.776. The van der Waals surface area contributed by atoms with Crippen molar-refractivity contribution in [3.8, 4) is 5.75 Å². The number of ether oxygens (including phenoxy) is 1. The number of para-hydroxylation sites is 1. The number of piperidine rings is 1. The number of rotatable bonds is 4. The average Bonchev–Trinajstić information content (AvgIpc) is 3.09. The Morgan fingerprint density at radius 1 is 1.20 bits per heavy atom. The summed E-state index contributed by atoms with van der Waals surface area (Å²) < 4.78 is 37.7. The number of Topliss-reactive ketones (excluding diaryl/α,β-unsaturated/α-hetero) is 1. The van der Waals surface area contributed by atoms with Crippen molar-refractivity contribution in [3.05, 3.63) is 41.3 Å². The maximum Gasteiger partial charge on any atom is 0.248 e. The molecule has 2 aliphatic heterocycles. The zero-order chi connectivity index (χ0) is 21.5. The number of carbonyl (C=O) groups excluding carboxylic acids is 2. The van der Waals surface area contributed by atoms with Crippen molar-refractivity contribution >= 4 is 21.7 Å². The van der Waals surface area contributed by atoms with Gasteiger partial charge in [-0.3, -0.25) is 9.59 Å². The first-order valence-electron chi connectivity index (χ1n) is 9.78. The third-order valence-electron chi connectivity index (χ3n) is 5.58. The number of benzene rings is 1. The van der Waals surface area contributed by atoms with E-state index >= 15 is 0 Å². The van der Waals surface area contributed by atoms with Gasteiger partial charge in [0.15, 0.2) is 11.5 Å². The predicted molar refractivity (Wildman–Crippen MR) is 106 cm³/mol. The lowest BCUT2D eigenvalue weighted by atomic mass is 9.95.